The van der Waals surface area contributed by atoms with E-state index in [2.05, 4.69) is 28.8 Å². The van der Waals surface area contributed by atoms with Gasteiger partial charge < -0.3 is 15.2 Å². The summed E-state index contributed by atoms with van der Waals surface area (Å²) >= 11 is 0. The molecular weight excluding hydrogens is 336 g/mol. The third kappa shape index (κ3) is 4.36. The molecule has 4 nitrogen and oxygen atoms in total. The van der Waals surface area contributed by atoms with E-state index in [-0.39, 0.29) is 0 Å². The largest absolute Gasteiger partial charge is 0.497 e. The zero-order valence-electron chi connectivity index (χ0n) is 15.8. The number of allylic oxidation sites excluding steroid dienone is 2. The molecule has 4 heteroatoms. The van der Waals surface area contributed by atoms with E-state index in [9.17, 15) is 0 Å². The van der Waals surface area contributed by atoms with Crippen molar-refractivity contribution in [2.45, 2.75) is 6.54 Å². The zero-order valence-corrected chi connectivity index (χ0v) is 15.8. The van der Waals surface area contributed by atoms with E-state index in [1.807, 2.05) is 54.6 Å². The van der Waals surface area contributed by atoms with Crippen molar-refractivity contribution in [3.63, 3.8) is 0 Å². The molecule has 0 radical (unpaired) electrons. The first kappa shape index (κ1) is 18.7. The molecule has 0 atom stereocenters. The van der Waals surface area contributed by atoms with Gasteiger partial charge in [-0.05, 0) is 24.3 Å². The van der Waals surface area contributed by atoms with E-state index in [0.717, 1.165) is 40.2 Å². The molecule has 1 aromatic heterocycles. The molecule has 0 saturated heterocycles. The Kier molecular flexibility index (Phi) is 6.23. The highest BCUT2D eigenvalue weighted by Gasteiger charge is 2.13. The summed E-state index contributed by atoms with van der Waals surface area (Å²) in [6.45, 7) is 1.33. The number of aromatic nitrogens is 1. The number of nitrogens with zero attached hydrogens (tertiary/aromatic N) is 1. The van der Waals surface area contributed by atoms with Crippen LogP contribution >= 0.6 is 0 Å². The topological polar surface area (TPSA) is 48.4 Å². The molecule has 0 aliphatic carbocycles. The van der Waals surface area contributed by atoms with Crippen molar-refractivity contribution in [3.05, 3.63) is 78.0 Å². The van der Waals surface area contributed by atoms with Crippen LogP contribution in [0.25, 0.3) is 23.1 Å². The zero-order chi connectivity index (χ0) is 19.1. The van der Waals surface area contributed by atoms with Gasteiger partial charge in [0, 0.05) is 23.8 Å². The van der Waals surface area contributed by atoms with Gasteiger partial charge in [0.25, 0.3) is 0 Å². The standard InChI is InChI=1S/C23H25N2O2/c1-26-21-13-14-22-19(17-21)11-12-20(25(22)16-15-24)9-5-3-7-18-8-4-6-10-23(18)27-2/h3-14,17H,15-16,24H2,1-2H3/q+1/b7-3-,9-5+. The first-order valence-corrected chi connectivity index (χ1v) is 8.95. The van der Waals surface area contributed by atoms with Crippen LogP contribution in [0.1, 0.15) is 11.3 Å². The summed E-state index contributed by atoms with van der Waals surface area (Å²) in [6.07, 6.45) is 8.17. The quantitative estimate of drug-likeness (QED) is 0.514. The van der Waals surface area contributed by atoms with Gasteiger partial charge in [0.2, 0.25) is 11.2 Å². The molecule has 27 heavy (non-hydrogen) atoms. The molecule has 2 N–H and O–H groups in total. The number of methoxy groups -OCH3 is 2. The van der Waals surface area contributed by atoms with Crippen LogP contribution < -0.4 is 19.8 Å². The van der Waals surface area contributed by atoms with Crippen molar-refractivity contribution in [3.8, 4) is 11.5 Å². The predicted octanol–water partition coefficient (Wildman–Crippen LogP) is 3.83. The average molecular weight is 361 g/mol. The second-order valence-electron chi connectivity index (χ2n) is 6.08. The Labute approximate surface area is 160 Å². The number of para-hydroxylation sites is 1. The van der Waals surface area contributed by atoms with Crippen LogP contribution in [0.5, 0.6) is 11.5 Å². The molecule has 0 fully saturated rings. The van der Waals surface area contributed by atoms with Gasteiger partial charge in [0.1, 0.15) is 11.5 Å². The molecule has 1 heterocycles. The van der Waals surface area contributed by atoms with E-state index in [1.54, 1.807) is 14.2 Å². The van der Waals surface area contributed by atoms with Crippen molar-refractivity contribution in [2.75, 3.05) is 20.8 Å². The third-order valence-corrected chi connectivity index (χ3v) is 4.42. The second kappa shape index (κ2) is 9.01. The van der Waals surface area contributed by atoms with Gasteiger partial charge in [-0.2, -0.15) is 4.57 Å². The monoisotopic (exact) mass is 361 g/mol. The van der Waals surface area contributed by atoms with Gasteiger partial charge in [0.05, 0.1) is 26.2 Å². The summed E-state index contributed by atoms with van der Waals surface area (Å²) in [5.41, 5.74) is 9.12. The number of ether oxygens (including phenoxy) is 2. The van der Waals surface area contributed by atoms with Crippen LogP contribution in [0, 0.1) is 0 Å². The molecule has 0 bridgehead atoms. The number of hydrogen-bond acceptors (Lipinski definition) is 3. The van der Waals surface area contributed by atoms with Gasteiger partial charge in [-0.1, -0.05) is 36.4 Å². The molecule has 138 valence electrons. The highest BCUT2D eigenvalue weighted by Crippen LogP contribution is 2.20. The van der Waals surface area contributed by atoms with E-state index in [1.165, 1.54) is 0 Å². The minimum absolute atomic E-state index is 0.577. The fourth-order valence-corrected chi connectivity index (χ4v) is 3.08. The number of hydrogen-bond donors (Lipinski definition) is 1. The molecule has 3 aromatic rings. The second-order valence-corrected chi connectivity index (χ2v) is 6.08. The number of benzene rings is 2. The SMILES string of the molecule is COc1ccc2c(ccc(/C=C/C=C\c3ccccc3OC)[n+]2CCN)c1. The smallest absolute Gasteiger partial charge is 0.213 e. The maximum absolute atomic E-state index is 5.84. The Hall–Kier alpha value is -3.11. The van der Waals surface area contributed by atoms with Gasteiger partial charge in [-0.25, -0.2) is 0 Å². The summed E-state index contributed by atoms with van der Waals surface area (Å²) in [4.78, 5) is 0. The normalized spacial score (nSPS) is 11.5. The Morgan fingerprint density at radius 3 is 2.52 bits per heavy atom. The Bertz CT molecular complexity index is 977. The Morgan fingerprint density at radius 1 is 0.926 bits per heavy atom. The van der Waals surface area contributed by atoms with Gasteiger partial charge in [-0.3, -0.25) is 0 Å². The maximum Gasteiger partial charge on any atom is 0.213 e. The highest BCUT2D eigenvalue weighted by molar-refractivity contribution is 5.78. The third-order valence-electron chi connectivity index (χ3n) is 4.42. The van der Waals surface area contributed by atoms with Gasteiger partial charge >= 0.3 is 0 Å². The fourth-order valence-electron chi connectivity index (χ4n) is 3.08. The summed E-state index contributed by atoms with van der Waals surface area (Å²) < 4.78 is 12.9. The van der Waals surface area contributed by atoms with Crippen LogP contribution in [0.4, 0.5) is 0 Å². The van der Waals surface area contributed by atoms with Crippen molar-refractivity contribution < 1.29 is 14.0 Å². The summed E-state index contributed by atoms with van der Waals surface area (Å²) in [6, 6.07) is 18.2. The molecule has 0 spiro atoms. The van der Waals surface area contributed by atoms with E-state index in [0.29, 0.717) is 6.54 Å². The minimum Gasteiger partial charge on any atom is -0.497 e. The van der Waals surface area contributed by atoms with Crippen LogP contribution in [-0.2, 0) is 6.54 Å². The lowest BCUT2D eigenvalue weighted by Crippen LogP contribution is -2.41. The first-order chi connectivity index (χ1) is 13.3. The molecule has 0 amide bonds. The molecular formula is C23H25N2O2+. The van der Waals surface area contributed by atoms with Crippen molar-refractivity contribution in [2.24, 2.45) is 5.73 Å². The average Bonchev–Trinajstić information content (AvgIpc) is 2.72. The Balaban J connectivity index is 1.90. The molecule has 0 aliphatic heterocycles. The van der Waals surface area contributed by atoms with E-state index < -0.39 is 0 Å². The highest BCUT2D eigenvalue weighted by atomic mass is 16.5. The lowest BCUT2D eigenvalue weighted by molar-refractivity contribution is -0.670. The maximum atomic E-state index is 5.84. The number of fused-ring (bicyclic) bond motifs is 1. The minimum atomic E-state index is 0.577. The molecule has 0 aliphatic rings. The summed E-state index contributed by atoms with van der Waals surface area (Å²) in [5, 5.41) is 1.13. The predicted molar refractivity (Wildman–Crippen MR) is 111 cm³/mol. The van der Waals surface area contributed by atoms with E-state index >= 15 is 0 Å². The molecule has 2 aromatic carbocycles. The van der Waals surface area contributed by atoms with Gasteiger partial charge in [0.15, 0.2) is 6.54 Å². The van der Waals surface area contributed by atoms with Crippen LogP contribution in [0.3, 0.4) is 0 Å². The summed E-state index contributed by atoms with van der Waals surface area (Å²) in [7, 11) is 3.36. The van der Waals surface area contributed by atoms with Crippen LogP contribution in [0.15, 0.2) is 66.7 Å². The number of rotatable bonds is 7. The van der Waals surface area contributed by atoms with Crippen molar-refractivity contribution in [1.82, 2.24) is 0 Å². The number of pyridine rings is 1. The molecule has 0 saturated carbocycles. The molecule has 0 unspecified atom stereocenters. The fraction of sp³-hybridized carbons (Fsp3) is 0.174. The Morgan fingerprint density at radius 2 is 1.74 bits per heavy atom. The molecule has 3 rings (SSSR count). The van der Waals surface area contributed by atoms with E-state index in [4.69, 9.17) is 15.2 Å². The number of nitrogens with two attached hydrogens (primary N) is 1. The summed E-state index contributed by atoms with van der Waals surface area (Å²) in [5.74, 6) is 1.71. The first-order valence-electron chi connectivity index (χ1n) is 8.95. The van der Waals surface area contributed by atoms with Crippen LogP contribution in [-0.4, -0.2) is 20.8 Å². The lowest BCUT2D eigenvalue weighted by Gasteiger charge is -2.06. The van der Waals surface area contributed by atoms with Gasteiger partial charge in [-0.15, -0.1) is 0 Å². The van der Waals surface area contributed by atoms with Crippen LogP contribution in [0.2, 0.25) is 0 Å². The lowest BCUT2D eigenvalue weighted by atomic mass is 10.1. The van der Waals surface area contributed by atoms with Crippen molar-refractivity contribution >= 4 is 23.1 Å². The van der Waals surface area contributed by atoms with Crippen molar-refractivity contribution in [1.29, 1.82) is 0 Å².